The summed E-state index contributed by atoms with van der Waals surface area (Å²) < 4.78 is 5.54. The molecule has 22 heavy (non-hydrogen) atoms. The first-order valence-corrected chi connectivity index (χ1v) is 8.07. The van der Waals surface area contributed by atoms with Crippen LogP contribution in [-0.4, -0.2) is 49.6 Å². The molecular formula is C17H27N3O2. The van der Waals surface area contributed by atoms with Crippen molar-refractivity contribution in [2.75, 3.05) is 32.8 Å². The van der Waals surface area contributed by atoms with Gasteiger partial charge in [0.05, 0.1) is 13.1 Å². The van der Waals surface area contributed by atoms with Crippen LogP contribution in [0.5, 0.6) is 5.75 Å². The lowest BCUT2D eigenvalue weighted by molar-refractivity contribution is -0.122. The molecule has 5 nitrogen and oxygen atoms in total. The van der Waals surface area contributed by atoms with E-state index < -0.39 is 0 Å². The Balaban J connectivity index is 1.57. The Morgan fingerprint density at radius 3 is 2.68 bits per heavy atom. The van der Waals surface area contributed by atoms with Crippen LogP contribution in [0.1, 0.15) is 19.8 Å². The van der Waals surface area contributed by atoms with Gasteiger partial charge in [0.1, 0.15) is 12.4 Å². The molecule has 1 aliphatic rings. The molecule has 1 saturated heterocycles. The molecule has 1 atom stereocenters. The minimum Gasteiger partial charge on any atom is -0.492 e. The van der Waals surface area contributed by atoms with Crippen molar-refractivity contribution in [3.63, 3.8) is 0 Å². The molecule has 1 aromatic rings. The van der Waals surface area contributed by atoms with Crippen LogP contribution in [0.25, 0.3) is 0 Å². The lowest BCUT2D eigenvalue weighted by Gasteiger charge is -2.33. The Morgan fingerprint density at radius 1 is 1.36 bits per heavy atom. The monoisotopic (exact) mass is 305 g/mol. The number of nitrogens with zero attached hydrogens (tertiary/aromatic N) is 1. The maximum Gasteiger partial charge on any atom is 0.234 e. The zero-order chi connectivity index (χ0) is 15.8. The molecule has 1 fully saturated rings. The molecule has 1 aromatic carbocycles. The topological polar surface area (TPSA) is 67.6 Å². The summed E-state index contributed by atoms with van der Waals surface area (Å²) in [6.07, 6.45) is 2.17. The van der Waals surface area contributed by atoms with Gasteiger partial charge in [0, 0.05) is 6.04 Å². The lowest BCUT2D eigenvalue weighted by Crippen LogP contribution is -2.44. The van der Waals surface area contributed by atoms with E-state index >= 15 is 0 Å². The summed E-state index contributed by atoms with van der Waals surface area (Å²) in [5.74, 6) is 1.49. The molecule has 3 N–H and O–H groups in total. The maximum atomic E-state index is 11.9. The number of piperidine rings is 1. The molecule has 2 rings (SSSR count). The molecule has 0 radical (unpaired) electrons. The van der Waals surface area contributed by atoms with Crippen LogP contribution in [0.15, 0.2) is 30.3 Å². The summed E-state index contributed by atoms with van der Waals surface area (Å²) in [6.45, 7) is 5.48. The van der Waals surface area contributed by atoms with E-state index in [0.29, 0.717) is 25.6 Å². The number of para-hydroxylation sites is 1. The van der Waals surface area contributed by atoms with E-state index in [0.717, 1.165) is 31.7 Å². The number of carbonyl (C=O) groups is 1. The molecule has 1 aliphatic heterocycles. The summed E-state index contributed by atoms with van der Waals surface area (Å²) >= 11 is 0. The second-order valence-corrected chi connectivity index (χ2v) is 5.98. The third-order valence-electron chi connectivity index (χ3n) is 4.18. The summed E-state index contributed by atoms with van der Waals surface area (Å²) in [4.78, 5) is 14.1. The molecule has 0 saturated carbocycles. The highest BCUT2D eigenvalue weighted by atomic mass is 16.5. The van der Waals surface area contributed by atoms with Crippen molar-refractivity contribution < 1.29 is 9.53 Å². The summed E-state index contributed by atoms with van der Waals surface area (Å²) in [5, 5.41) is 2.90. The zero-order valence-electron chi connectivity index (χ0n) is 13.3. The molecule has 1 amide bonds. The number of rotatable bonds is 7. The number of nitrogens with two attached hydrogens (primary N) is 1. The van der Waals surface area contributed by atoms with Gasteiger partial charge < -0.3 is 15.8 Å². The molecule has 1 heterocycles. The lowest BCUT2D eigenvalue weighted by atomic mass is 9.91. The van der Waals surface area contributed by atoms with Gasteiger partial charge in [-0.3, -0.25) is 9.69 Å². The van der Waals surface area contributed by atoms with E-state index in [2.05, 4.69) is 17.1 Å². The Morgan fingerprint density at radius 2 is 2.05 bits per heavy atom. The van der Waals surface area contributed by atoms with E-state index in [4.69, 9.17) is 10.5 Å². The number of carbonyl (C=O) groups excluding carboxylic acids is 1. The van der Waals surface area contributed by atoms with Crippen LogP contribution in [0.2, 0.25) is 0 Å². The quantitative estimate of drug-likeness (QED) is 0.744. The van der Waals surface area contributed by atoms with Gasteiger partial charge in [0.25, 0.3) is 0 Å². The molecule has 122 valence electrons. The molecule has 0 bridgehead atoms. The highest BCUT2D eigenvalue weighted by Crippen LogP contribution is 2.18. The first-order valence-electron chi connectivity index (χ1n) is 8.07. The van der Waals surface area contributed by atoms with Gasteiger partial charge in [0.15, 0.2) is 0 Å². The average Bonchev–Trinajstić information content (AvgIpc) is 2.53. The fraction of sp³-hybridized carbons (Fsp3) is 0.588. The summed E-state index contributed by atoms with van der Waals surface area (Å²) in [5.41, 5.74) is 5.93. The zero-order valence-corrected chi connectivity index (χ0v) is 13.3. The van der Waals surface area contributed by atoms with Crippen LogP contribution in [0.4, 0.5) is 0 Å². The number of benzene rings is 1. The molecule has 0 aromatic heterocycles. The fourth-order valence-electron chi connectivity index (χ4n) is 2.77. The summed E-state index contributed by atoms with van der Waals surface area (Å²) in [7, 11) is 0. The van der Waals surface area contributed by atoms with Crippen molar-refractivity contribution in [2.45, 2.75) is 25.8 Å². The average molecular weight is 305 g/mol. The van der Waals surface area contributed by atoms with Crippen LogP contribution in [0, 0.1) is 5.92 Å². The largest absolute Gasteiger partial charge is 0.492 e. The molecule has 5 heteroatoms. The van der Waals surface area contributed by atoms with E-state index in [1.54, 1.807) is 0 Å². The van der Waals surface area contributed by atoms with E-state index in [1.807, 2.05) is 30.3 Å². The predicted octanol–water partition coefficient (Wildman–Crippen LogP) is 1.24. The van der Waals surface area contributed by atoms with Gasteiger partial charge >= 0.3 is 0 Å². The van der Waals surface area contributed by atoms with Crippen molar-refractivity contribution in [1.29, 1.82) is 0 Å². The molecule has 0 spiro atoms. The van der Waals surface area contributed by atoms with E-state index in [-0.39, 0.29) is 11.9 Å². The minimum absolute atomic E-state index is 0.0657. The van der Waals surface area contributed by atoms with Gasteiger partial charge in [-0.05, 0) is 50.9 Å². The van der Waals surface area contributed by atoms with Crippen molar-refractivity contribution in [3.05, 3.63) is 30.3 Å². The Labute approximate surface area is 132 Å². The highest BCUT2D eigenvalue weighted by Gasteiger charge is 2.22. The third kappa shape index (κ3) is 5.66. The summed E-state index contributed by atoms with van der Waals surface area (Å²) in [6, 6.07) is 9.88. The van der Waals surface area contributed by atoms with E-state index in [1.165, 1.54) is 0 Å². The molecule has 1 unspecified atom stereocenters. The first kappa shape index (κ1) is 16.8. The maximum absolute atomic E-state index is 11.9. The van der Waals surface area contributed by atoms with Crippen molar-refractivity contribution >= 4 is 5.91 Å². The fourth-order valence-corrected chi connectivity index (χ4v) is 2.77. The number of amides is 1. The molecular weight excluding hydrogens is 278 g/mol. The Hall–Kier alpha value is -1.59. The number of hydrogen-bond donors (Lipinski definition) is 2. The highest BCUT2D eigenvalue weighted by molar-refractivity contribution is 5.78. The second-order valence-electron chi connectivity index (χ2n) is 5.98. The number of likely N-dealkylation sites (tertiary alicyclic amines) is 1. The standard InChI is InChI=1S/C17H27N3O2/c1-14(18)15-7-10-20(11-8-15)13-17(21)19-9-12-22-16-5-3-2-4-6-16/h2-6,14-15H,7-13,18H2,1H3,(H,19,21). The van der Waals surface area contributed by atoms with Gasteiger partial charge in [-0.25, -0.2) is 0 Å². The van der Waals surface area contributed by atoms with E-state index in [9.17, 15) is 4.79 Å². The van der Waals surface area contributed by atoms with Crippen LogP contribution >= 0.6 is 0 Å². The normalized spacial score (nSPS) is 17.9. The SMILES string of the molecule is CC(N)C1CCN(CC(=O)NCCOc2ccccc2)CC1. The Kier molecular flexibility index (Phi) is 6.68. The predicted molar refractivity (Wildman–Crippen MR) is 87.8 cm³/mol. The number of nitrogens with one attached hydrogen (secondary N) is 1. The number of ether oxygens (including phenoxy) is 1. The van der Waals surface area contributed by atoms with Crippen LogP contribution in [0.3, 0.4) is 0 Å². The van der Waals surface area contributed by atoms with Crippen molar-refractivity contribution in [1.82, 2.24) is 10.2 Å². The van der Waals surface area contributed by atoms with Gasteiger partial charge in [0.2, 0.25) is 5.91 Å². The van der Waals surface area contributed by atoms with Gasteiger partial charge in [-0.1, -0.05) is 18.2 Å². The Bertz CT molecular complexity index is 442. The smallest absolute Gasteiger partial charge is 0.234 e. The second kappa shape index (κ2) is 8.76. The molecule has 0 aliphatic carbocycles. The van der Waals surface area contributed by atoms with Gasteiger partial charge in [-0.2, -0.15) is 0 Å². The first-order chi connectivity index (χ1) is 10.6. The minimum atomic E-state index is 0.0657. The van der Waals surface area contributed by atoms with Crippen molar-refractivity contribution in [3.8, 4) is 5.75 Å². The number of hydrogen-bond acceptors (Lipinski definition) is 4. The van der Waals surface area contributed by atoms with Gasteiger partial charge in [-0.15, -0.1) is 0 Å². The third-order valence-corrected chi connectivity index (χ3v) is 4.18. The van der Waals surface area contributed by atoms with Crippen LogP contribution < -0.4 is 15.8 Å². The van der Waals surface area contributed by atoms with Crippen molar-refractivity contribution in [2.24, 2.45) is 11.7 Å². The van der Waals surface area contributed by atoms with Crippen LogP contribution in [-0.2, 0) is 4.79 Å².